The molecule has 2 heterocycles. The molecule has 2 aromatic rings. The molecule has 4 aliphatic rings. The monoisotopic (exact) mass is 644 g/mol. The maximum Gasteiger partial charge on any atom is 0.316 e. The first kappa shape index (κ1) is 25.6. The van der Waals surface area contributed by atoms with E-state index in [1.54, 1.807) is 61.4 Å². The van der Waals surface area contributed by atoms with Gasteiger partial charge in [-0.25, -0.2) is 4.90 Å². The van der Waals surface area contributed by atoms with Crippen LogP contribution in [0.3, 0.4) is 0 Å². The summed E-state index contributed by atoms with van der Waals surface area (Å²) >= 11 is 7.43. The van der Waals surface area contributed by atoms with Crippen molar-refractivity contribution in [2.24, 2.45) is 29.6 Å². The Hall–Kier alpha value is -2.72. The van der Waals surface area contributed by atoms with E-state index in [1.807, 2.05) is 0 Å². The number of rotatable bonds is 5. The van der Waals surface area contributed by atoms with Gasteiger partial charge in [-0.2, -0.15) is 0 Å². The zero-order chi connectivity index (χ0) is 26.9. The van der Waals surface area contributed by atoms with E-state index in [2.05, 4.69) is 31.9 Å². The largest absolute Gasteiger partial charge is 0.497 e. The van der Waals surface area contributed by atoms with E-state index in [-0.39, 0.29) is 64.0 Å². The molecule has 0 N–H and O–H groups in total. The number of methoxy groups -OCH3 is 1. The molecule has 2 saturated carbocycles. The highest BCUT2D eigenvalue weighted by molar-refractivity contribution is 9.12. The van der Waals surface area contributed by atoms with E-state index >= 15 is 0 Å². The number of hydrogen-bond acceptors (Lipinski definition) is 6. The lowest BCUT2D eigenvalue weighted by molar-refractivity contribution is -0.139. The van der Waals surface area contributed by atoms with Crippen molar-refractivity contribution in [3.63, 3.8) is 0 Å². The van der Waals surface area contributed by atoms with Crippen LogP contribution >= 0.6 is 31.9 Å². The average Bonchev–Trinajstić information content (AvgIpc) is 3.62. The van der Waals surface area contributed by atoms with Gasteiger partial charge in [0.2, 0.25) is 17.7 Å². The van der Waals surface area contributed by atoms with Crippen LogP contribution in [0, 0.1) is 36.5 Å². The number of amides is 3. The number of anilines is 2. The van der Waals surface area contributed by atoms with Gasteiger partial charge in [-0.3, -0.25) is 19.2 Å². The van der Waals surface area contributed by atoms with E-state index in [0.29, 0.717) is 28.4 Å². The number of halogens is 2. The van der Waals surface area contributed by atoms with Crippen molar-refractivity contribution in [2.75, 3.05) is 23.5 Å². The molecule has 0 radical (unpaired) electrons. The van der Waals surface area contributed by atoms with Gasteiger partial charge in [-0.15, -0.1) is 0 Å². The zero-order valence-corrected chi connectivity index (χ0v) is 24.0. The van der Waals surface area contributed by atoms with Crippen LogP contribution in [0.5, 0.6) is 11.5 Å². The minimum atomic E-state index is -0.601. The second-order valence-electron chi connectivity index (χ2n) is 10.5. The first-order chi connectivity index (χ1) is 18.2. The van der Waals surface area contributed by atoms with Crippen molar-refractivity contribution >= 4 is 66.9 Å². The molecule has 0 spiro atoms. The summed E-state index contributed by atoms with van der Waals surface area (Å²) in [5.41, 5.74) is 1.88. The van der Waals surface area contributed by atoms with E-state index in [9.17, 15) is 19.2 Å². The van der Waals surface area contributed by atoms with E-state index in [0.717, 1.165) is 6.42 Å². The molecule has 0 unspecified atom stereocenters. The van der Waals surface area contributed by atoms with Crippen LogP contribution in [0.2, 0.25) is 0 Å². The molecular formula is C28H26Br2N2O6. The van der Waals surface area contributed by atoms with Crippen molar-refractivity contribution in [1.82, 2.24) is 0 Å². The van der Waals surface area contributed by atoms with Crippen LogP contribution in [-0.4, -0.2) is 47.0 Å². The minimum absolute atomic E-state index is 0.0625. The fraction of sp³-hybridized carbons (Fsp3) is 0.429. The van der Waals surface area contributed by atoms with Crippen LogP contribution < -0.4 is 19.3 Å². The number of carbonyl (C=O) groups excluding carboxylic acids is 4. The molecule has 4 fully saturated rings. The summed E-state index contributed by atoms with van der Waals surface area (Å²) < 4.78 is 10.8. The number of esters is 1. The number of aryl methyl sites for hydroxylation is 1. The molecular weight excluding hydrogens is 620 g/mol. The number of alkyl halides is 2. The molecule has 6 rings (SSSR count). The highest BCUT2D eigenvalue weighted by Crippen LogP contribution is 2.60. The number of ether oxygens (including phenoxy) is 2. The van der Waals surface area contributed by atoms with Crippen molar-refractivity contribution in [1.29, 1.82) is 0 Å². The maximum absolute atomic E-state index is 13.4. The predicted molar refractivity (Wildman–Crippen MR) is 147 cm³/mol. The molecule has 2 aliphatic carbocycles. The fourth-order valence-electron chi connectivity index (χ4n) is 6.61. The molecule has 3 amide bonds. The van der Waals surface area contributed by atoms with Crippen molar-refractivity contribution in [3.05, 3.63) is 48.0 Å². The van der Waals surface area contributed by atoms with Gasteiger partial charge in [0.05, 0.1) is 30.6 Å². The van der Waals surface area contributed by atoms with Crippen molar-refractivity contribution in [3.8, 4) is 11.5 Å². The quantitative estimate of drug-likeness (QED) is 0.209. The van der Waals surface area contributed by atoms with Gasteiger partial charge < -0.3 is 14.4 Å². The summed E-state index contributed by atoms with van der Waals surface area (Å²) in [6.07, 6.45) is 0.937. The Morgan fingerprint density at radius 2 is 1.53 bits per heavy atom. The number of nitrogens with zero attached hydrogens (tertiary/aromatic N) is 2. The van der Waals surface area contributed by atoms with Crippen LogP contribution in [0.1, 0.15) is 18.4 Å². The minimum Gasteiger partial charge on any atom is -0.497 e. The highest BCUT2D eigenvalue weighted by Gasteiger charge is 2.66. The summed E-state index contributed by atoms with van der Waals surface area (Å²) in [5.74, 6) is -0.846. The summed E-state index contributed by atoms with van der Waals surface area (Å²) in [6.45, 7) is 2.02. The van der Waals surface area contributed by atoms with Crippen molar-refractivity contribution < 1.29 is 28.7 Å². The van der Waals surface area contributed by atoms with Crippen LogP contribution in [0.15, 0.2) is 42.5 Å². The summed E-state index contributed by atoms with van der Waals surface area (Å²) in [4.78, 5) is 55.5. The molecule has 2 aliphatic heterocycles. The Kier molecular flexibility index (Phi) is 6.38. The normalized spacial score (nSPS) is 31.8. The van der Waals surface area contributed by atoms with Crippen LogP contribution in [0.25, 0.3) is 0 Å². The SMILES string of the molecule is COc1ccc(N2C[C@H](C(=O)Oc3ccc(N4C(=O)[C@@H]5[C@H]6C[C@@H]([C@H](Br)[C@H]6Br)[C@@H]5C4=O)c(C)c3)CC2=O)cc1. The van der Waals surface area contributed by atoms with Gasteiger partial charge in [0.25, 0.3) is 0 Å². The lowest BCUT2D eigenvalue weighted by atomic mass is 9.81. The van der Waals surface area contributed by atoms with Gasteiger partial charge in [-0.1, -0.05) is 31.9 Å². The van der Waals surface area contributed by atoms with Gasteiger partial charge in [0.15, 0.2) is 0 Å². The number of carbonyl (C=O) groups is 4. The zero-order valence-electron chi connectivity index (χ0n) is 20.8. The van der Waals surface area contributed by atoms with Crippen molar-refractivity contribution in [2.45, 2.75) is 29.4 Å². The van der Waals surface area contributed by atoms with E-state index in [4.69, 9.17) is 9.47 Å². The average molecular weight is 646 g/mol. The molecule has 10 heteroatoms. The topological polar surface area (TPSA) is 93.2 Å². The number of fused-ring (bicyclic) bond motifs is 5. The third kappa shape index (κ3) is 3.90. The Morgan fingerprint density at radius 1 is 0.921 bits per heavy atom. The number of imide groups is 1. The van der Waals surface area contributed by atoms with Crippen LogP contribution in [-0.2, 0) is 19.2 Å². The summed E-state index contributed by atoms with van der Waals surface area (Å²) in [7, 11) is 1.57. The molecule has 2 saturated heterocycles. The summed E-state index contributed by atoms with van der Waals surface area (Å²) in [5, 5.41) is 0. The fourth-order valence-corrected chi connectivity index (χ4v) is 8.48. The Labute approximate surface area is 236 Å². The Bertz CT molecular complexity index is 1320. The molecule has 7 atom stereocenters. The van der Waals surface area contributed by atoms with E-state index in [1.165, 1.54) is 4.90 Å². The van der Waals surface area contributed by atoms with Gasteiger partial charge in [-0.05, 0) is 73.2 Å². The third-order valence-electron chi connectivity index (χ3n) is 8.46. The Morgan fingerprint density at radius 3 is 2.11 bits per heavy atom. The first-order valence-electron chi connectivity index (χ1n) is 12.6. The number of hydrogen-bond donors (Lipinski definition) is 0. The lowest BCUT2D eigenvalue weighted by Crippen LogP contribution is -2.37. The molecule has 8 nitrogen and oxygen atoms in total. The molecule has 2 bridgehead atoms. The van der Waals surface area contributed by atoms with E-state index < -0.39 is 11.9 Å². The third-order valence-corrected chi connectivity index (χ3v) is 11.7. The first-order valence-corrected chi connectivity index (χ1v) is 14.5. The Balaban J connectivity index is 1.15. The second kappa shape index (κ2) is 9.48. The predicted octanol–water partition coefficient (Wildman–Crippen LogP) is 4.24. The molecule has 0 aromatic heterocycles. The lowest BCUT2D eigenvalue weighted by Gasteiger charge is -2.28. The summed E-state index contributed by atoms with van der Waals surface area (Å²) in [6, 6.07) is 12.0. The highest BCUT2D eigenvalue weighted by atomic mass is 79.9. The molecule has 38 heavy (non-hydrogen) atoms. The number of benzene rings is 2. The second-order valence-corrected chi connectivity index (χ2v) is 12.6. The van der Waals surface area contributed by atoms with Gasteiger partial charge in [0, 0.05) is 28.3 Å². The van der Waals surface area contributed by atoms with Gasteiger partial charge >= 0.3 is 5.97 Å². The maximum atomic E-state index is 13.4. The molecule has 198 valence electrons. The smallest absolute Gasteiger partial charge is 0.316 e. The van der Waals surface area contributed by atoms with Crippen LogP contribution in [0.4, 0.5) is 11.4 Å². The van der Waals surface area contributed by atoms with Gasteiger partial charge in [0.1, 0.15) is 11.5 Å². The molecule has 2 aromatic carbocycles. The standard InChI is InChI=1S/C28H26Br2N2O6/c1-13-9-17(38-28(36)14-10-21(33)31(12-14)15-3-5-16(37-2)6-4-15)7-8-20(13)32-26(34)22-18-11-19(23(22)27(32)35)25(30)24(18)29/h3-9,14,18-19,22-25H,10-12H2,1-2H3/t14-,18-,19-,22-,23+,24+,25+/m1/s1.